The van der Waals surface area contributed by atoms with E-state index >= 15 is 0 Å². The largest absolute Gasteiger partial charge is 0.480 e. The molecule has 2 aromatic carbocycles. The summed E-state index contributed by atoms with van der Waals surface area (Å²) < 4.78 is 0. The number of hydrogen-bond acceptors (Lipinski definition) is 4. The van der Waals surface area contributed by atoms with E-state index in [1.807, 2.05) is 60.4 Å². The van der Waals surface area contributed by atoms with E-state index in [1.54, 1.807) is 12.3 Å². The molecule has 0 aliphatic carbocycles. The fourth-order valence-electron chi connectivity index (χ4n) is 4.31. The molecule has 1 atom stereocenters. The smallest absolute Gasteiger partial charge is 0.320 e. The van der Waals surface area contributed by atoms with Crippen LogP contribution in [0.1, 0.15) is 40.9 Å². The average Bonchev–Trinajstić information content (AvgIpc) is 2.81. The minimum atomic E-state index is -0.808. The molecule has 4 rings (SSSR count). The summed E-state index contributed by atoms with van der Waals surface area (Å²) in [7, 11) is 0. The number of amides is 1. The Morgan fingerprint density at radius 3 is 2.67 bits per heavy atom. The summed E-state index contributed by atoms with van der Waals surface area (Å²) in [5, 5.41) is 12.6. The first kappa shape index (κ1) is 23.0. The van der Waals surface area contributed by atoms with E-state index in [0.717, 1.165) is 35.1 Å². The molecule has 0 radical (unpaired) electrons. The number of carboxylic acids is 1. The number of carboxylic acid groups (broad SMARTS) is 1. The van der Waals surface area contributed by atoms with Crippen LogP contribution in [0.3, 0.4) is 0 Å². The van der Waals surface area contributed by atoms with Crippen molar-refractivity contribution in [3.05, 3.63) is 82.6 Å². The topological polar surface area (TPSA) is 82.5 Å². The number of nitrogens with zero attached hydrogens (tertiary/aromatic N) is 2. The number of aromatic nitrogens is 1. The van der Waals surface area contributed by atoms with Crippen LogP contribution in [0, 0.1) is 6.92 Å². The molecule has 1 saturated heterocycles. The molecule has 3 aromatic rings. The van der Waals surface area contributed by atoms with Crippen molar-refractivity contribution in [2.75, 3.05) is 11.9 Å². The first-order chi connectivity index (χ1) is 15.9. The normalized spacial score (nSPS) is 16.4. The standard InChI is InChI=1S/C26H26ClN3O3/c1-17-20(19-8-3-2-4-9-19)10-7-11-22(17)29-25(31)24-21(27)14-18(15-28-24)16-30-13-6-5-12-23(30)26(32)33/h2-4,7-11,14-15,23H,5-6,12-13,16H2,1H3,(H,29,31)(H,32,33)/t23-/m0/s1. The fourth-order valence-corrected chi connectivity index (χ4v) is 4.58. The highest BCUT2D eigenvalue weighted by Gasteiger charge is 2.28. The van der Waals surface area contributed by atoms with Crippen molar-refractivity contribution in [3.63, 3.8) is 0 Å². The number of carbonyl (C=O) groups is 2. The Labute approximate surface area is 198 Å². The van der Waals surface area contributed by atoms with Gasteiger partial charge in [0.05, 0.1) is 5.02 Å². The van der Waals surface area contributed by atoms with E-state index < -0.39 is 12.0 Å². The number of nitrogens with one attached hydrogen (secondary N) is 1. The maximum absolute atomic E-state index is 12.9. The predicted octanol–water partition coefficient (Wildman–Crippen LogP) is 5.40. The van der Waals surface area contributed by atoms with E-state index in [-0.39, 0.29) is 16.6 Å². The first-order valence-electron chi connectivity index (χ1n) is 11.0. The van der Waals surface area contributed by atoms with E-state index in [1.165, 1.54) is 0 Å². The maximum atomic E-state index is 12.9. The lowest BCUT2D eigenvalue weighted by molar-refractivity contribution is -0.144. The van der Waals surface area contributed by atoms with Crippen LogP contribution in [0.15, 0.2) is 60.8 Å². The van der Waals surface area contributed by atoms with Gasteiger partial charge in [0.25, 0.3) is 5.91 Å². The highest BCUT2D eigenvalue weighted by atomic mass is 35.5. The summed E-state index contributed by atoms with van der Waals surface area (Å²) >= 11 is 6.42. The van der Waals surface area contributed by atoms with Gasteiger partial charge in [-0.1, -0.05) is 60.5 Å². The van der Waals surface area contributed by atoms with Gasteiger partial charge in [0.2, 0.25) is 0 Å². The van der Waals surface area contributed by atoms with Crippen molar-refractivity contribution in [3.8, 4) is 11.1 Å². The lowest BCUT2D eigenvalue weighted by Gasteiger charge is -2.32. The third kappa shape index (κ3) is 5.24. The zero-order valence-electron chi connectivity index (χ0n) is 18.4. The zero-order valence-corrected chi connectivity index (χ0v) is 19.2. The van der Waals surface area contributed by atoms with Gasteiger partial charge in [-0.3, -0.25) is 14.5 Å². The Kier molecular flexibility index (Phi) is 7.06. The molecule has 1 fully saturated rings. The minimum Gasteiger partial charge on any atom is -0.480 e. The summed E-state index contributed by atoms with van der Waals surface area (Å²) in [6.07, 6.45) is 4.11. The summed E-state index contributed by atoms with van der Waals surface area (Å²) in [5.41, 5.74) is 4.68. The maximum Gasteiger partial charge on any atom is 0.320 e. The molecule has 33 heavy (non-hydrogen) atoms. The van der Waals surface area contributed by atoms with E-state index in [0.29, 0.717) is 25.2 Å². The Morgan fingerprint density at radius 1 is 1.15 bits per heavy atom. The van der Waals surface area contributed by atoms with Crippen molar-refractivity contribution in [2.45, 2.75) is 38.8 Å². The summed E-state index contributed by atoms with van der Waals surface area (Å²) in [5.74, 6) is -1.20. The second-order valence-electron chi connectivity index (χ2n) is 8.29. The minimum absolute atomic E-state index is 0.137. The molecule has 0 spiro atoms. The third-order valence-electron chi connectivity index (χ3n) is 6.06. The van der Waals surface area contributed by atoms with E-state index in [4.69, 9.17) is 11.6 Å². The van der Waals surface area contributed by atoms with Gasteiger partial charge in [-0.15, -0.1) is 0 Å². The van der Waals surface area contributed by atoms with Crippen LogP contribution in [0.4, 0.5) is 5.69 Å². The molecule has 1 aliphatic rings. The molecule has 170 valence electrons. The van der Waals surface area contributed by atoms with Crippen LogP contribution < -0.4 is 5.32 Å². The Morgan fingerprint density at radius 2 is 1.94 bits per heavy atom. The number of halogens is 1. The molecule has 1 amide bonds. The molecule has 1 aliphatic heterocycles. The second-order valence-corrected chi connectivity index (χ2v) is 8.70. The van der Waals surface area contributed by atoms with Crippen molar-refractivity contribution in [1.82, 2.24) is 9.88 Å². The average molecular weight is 464 g/mol. The molecule has 7 heteroatoms. The summed E-state index contributed by atoms with van der Waals surface area (Å²) in [6.45, 7) is 3.12. The Hall–Kier alpha value is -3.22. The number of carbonyl (C=O) groups excluding carboxylic acids is 1. The highest BCUT2D eigenvalue weighted by Crippen LogP contribution is 2.29. The van der Waals surface area contributed by atoms with Gasteiger partial charge in [-0.25, -0.2) is 4.98 Å². The van der Waals surface area contributed by atoms with Gasteiger partial charge in [-0.05, 0) is 60.7 Å². The number of likely N-dealkylation sites (tertiary alicyclic amines) is 1. The third-order valence-corrected chi connectivity index (χ3v) is 6.35. The van der Waals surface area contributed by atoms with Gasteiger partial charge in [0, 0.05) is 18.4 Å². The quantitative estimate of drug-likeness (QED) is 0.511. The van der Waals surface area contributed by atoms with Crippen LogP contribution in [0.2, 0.25) is 5.02 Å². The molecular formula is C26H26ClN3O3. The number of benzene rings is 2. The lowest BCUT2D eigenvalue weighted by atomic mass is 9.99. The van der Waals surface area contributed by atoms with Crippen LogP contribution >= 0.6 is 11.6 Å². The van der Waals surface area contributed by atoms with Gasteiger partial charge in [-0.2, -0.15) is 0 Å². The number of piperidine rings is 1. The molecule has 0 bridgehead atoms. The van der Waals surface area contributed by atoms with Crippen LogP contribution in [-0.2, 0) is 11.3 Å². The fraction of sp³-hybridized carbons (Fsp3) is 0.269. The molecular weight excluding hydrogens is 438 g/mol. The predicted molar refractivity (Wildman–Crippen MR) is 129 cm³/mol. The van der Waals surface area contributed by atoms with Crippen LogP contribution in [0.25, 0.3) is 11.1 Å². The number of pyridine rings is 1. The number of aliphatic carboxylic acids is 1. The Bertz CT molecular complexity index is 1170. The molecule has 1 aromatic heterocycles. The molecule has 2 heterocycles. The van der Waals surface area contributed by atoms with Gasteiger partial charge in [0.1, 0.15) is 11.7 Å². The van der Waals surface area contributed by atoms with E-state index in [9.17, 15) is 14.7 Å². The van der Waals surface area contributed by atoms with Crippen molar-refractivity contribution in [1.29, 1.82) is 0 Å². The van der Waals surface area contributed by atoms with Crippen molar-refractivity contribution < 1.29 is 14.7 Å². The van der Waals surface area contributed by atoms with Gasteiger partial charge < -0.3 is 10.4 Å². The second kappa shape index (κ2) is 10.1. The van der Waals surface area contributed by atoms with Crippen LogP contribution in [-0.4, -0.2) is 39.5 Å². The molecule has 2 N–H and O–H groups in total. The number of rotatable bonds is 6. The van der Waals surface area contributed by atoms with Gasteiger partial charge >= 0.3 is 5.97 Å². The Balaban J connectivity index is 1.50. The SMILES string of the molecule is Cc1c(NC(=O)c2ncc(CN3CCCC[C@H]3C(=O)O)cc2Cl)cccc1-c1ccccc1. The van der Waals surface area contributed by atoms with Crippen molar-refractivity contribution >= 4 is 29.2 Å². The molecule has 0 saturated carbocycles. The number of hydrogen-bond donors (Lipinski definition) is 2. The van der Waals surface area contributed by atoms with Crippen molar-refractivity contribution in [2.24, 2.45) is 0 Å². The molecule has 6 nitrogen and oxygen atoms in total. The summed E-state index contributed by atoms with van der Waals surface area (Å²) in [6, 6.07) is 17.0. The lowest BCUT2D eigenvalue weighted by Crippen LogP contribution is -2.44. The molecule has 0 unspecified atom stereocenters. The monoisotopic (exact) mass is 463 g/mol. The van der Waals surface area contributed by atoms with Gasteiger partial charge in [0.15, 0.2) is 0 Å². The zero-order chi connectivity index (χ0) is 23.4. The summed E-state index contributed by atoms with van der Waals surface area (Å²) in [4.78, 5) is 30.7. The van der Waals surface area contributed by atoms with E-state index in [2.05, 4.69) is 10.3 Å². The van der Waals surface area contributed by atoms with Crippen LogP contribution in [0.5, 0.6) is 0 Å². The number of anilines is 1. The first-order valence-corrected chi connectivity index (χ1v) is 11.4. The highest BCUT2D eigenvalue weighted by molar-refractivity contribution is 6.34.